The van der Waals surface area contributed by atoms with Crippen LogP contribution in [0.5, 0.6) is 0 Å². The summed E-state index contributed by atoms with van der Waals surface area (Å²) in [5.74, 6) is -0.276. The molecule has 0 bridgehead atoms. The number of esters is 1. The minimum absolute atomic E-state index is 0.0231. The molecule has 1 rings (SSSR count). The summed E-state index contributed by atoms with van der Waals surface area (Å²) >= 11 is 0. The molecule has 0 N–H and O–H groups in total. The van der Waals surface area contributed by atoms with Gasteiger partial charge in [0, 0.05) is 13.0 Å². The van der Waals surface area contributed by atoms with E-state index < -0.39 is 0 Å². The number of rotatable bonds is 4. The molecule has 0 aromatic rings. The third-order valence-corrected chi connectivity index (χ3v) is 2.86. The van der Waals surface area contributed by atoms with Crippen molar-refractivity contribution in [3.05, 3.63) is 12.7 Å². The van der Waals surface area contributed by atoms with E-state index in [0.717, 1.165) is 12.8 Å². The van der Waals surface area contributed by atoms with E-state index in [9.17, 15) is 9.59 Å². The summed E-state index contributed by atoms with van der Waals surface area (Å²) in [7, 11) is 1.36. The number of methoxy groups -OCH3 is 1. The minimum atomic E-state index is -0.379. The highest BCUT2D eigenvalue weighted by molar-refractivity contribution is 5.84. The van der Waals surface area contributed by atoms with Gasteiger partial charge in [-0.1, -0.05) is 6.08 Å². The van der Waals surface area contributed by atoms with Gasteiger partial charge in [0.25, 0.3) is 0 Å². The maximum atomic E-state index is 11.9. The van der Waals surface area contributed by atoms with Gasteiger partial charge in [-0.3, -0.25) is 4.79 Å². The number of allylic oxidation sites excluding steroid dienone is 1. The normalized spacial score (nSPS) is 20.3. The molecule has 0 saturated carbocycles. The molecule has 90 valence electrons. The zero-order chi connectivity index (χ0) is 12.0. The Labute approximate surface area is 96.3 Å². The predicted molar refractivity (Wildman–Crippen MR) is 60.8 cm³/mol. The van der Waals surface area contributed by atoms with Crippen LogP contribution >= 0.6 is 0 Å². The van der Waals surface area contributed by atoms with Crippen molar-refractivity contribution >= 4 is 11.9 Å². The number of nitrogens with zero attached hydrogens (tertiary/aromatic N) is 1. The van der Waals surface area contributed by atoms with Crippen LogP contribution in [0.15, 0.2) is 12.7 Å². The molecule has 0 radical (unpaired) electrons. The fourth-order valence-electron chi connectivity index (χ4n) is 1.98. The Balaban J connectivity index is 2.62. The third-order valence-electron chi connectivity index (χ3n) is 2.86. The lowest BCUT2D eigenvalue weighted by molar-refractivity contribution is -0.154. The van der Waals surface area contributed by atoms with Gasteiger partial charge in [0.1, 0.15) is 6.04 Å². The maximum Gasteiger partial charge on any atom is 0.328 e. The van der Waals surface area contributed by atoms with Crippen molar-refractivity contribution in [2.75, 3.05) is 13.7 Å². The van der Waals surface area contributed by atoms with Crippen LogP contribution in [-0.4, -0.2) is 36.5 Å². The minimum Gasteiger partial charge on any atom is -0.467 e. The average Bonchev–Trinajstić information content (AvgIpc) is 2.35. The molecule has 4 heteroatoms. The topological polar surface area (TPSA) is 46.6 Å². The van der Waals surface area contributed by atoms with E-state index in [1.54, 1.807) is 11.0 Å². The zero-order valence-electron chi connectivity index (χ0n) is 9.78. The SMILES string of the molecule is C=CCCC(=O)N1CCCCC1C(=O)OC. The van der Waals surface area contributed by atoms with Crippen molar-refractivity contribution in [2.45, 2.75) is 38.1 Å². The fourth-order valence-corrected chi connectivity index (χ4v) is 1.98. The number of carbonyl (C=O) groups excluding carboxylic acids is 2. The number of amides is 1. The maximum absolute atomic E-state index is 11.9. The zero-order valence-corrected chi connectivity index (χ0v) is 9.78. The first kappa shape index (κ1) is 12.7. The molecule has 1 amide bonds. The first-order chi connectivity index (χ1) is 7.70. The molecule has 1 heterocycles. The number of ether oxygens (including phenoxy) is 1. The van der Waals surface area contributed by atoms with Gasteiger partial charge in [-0.15, -0.1) is 6.58 Å². The summed E-state index contributed by atoms with van der Waals surface area (Å²) < 4.78 is 4.72. The highest BCUT2D eigenvalue weighted by atomic mass is 16.5. The fraction of sp³-hybridized carbons (Fsp3) is 0.667. The lowest BCUT2D eigenvalue weighted by atomic mass is 10.0. The molecule has 1 aliphatic rings. The van der Waals surface area contributed by atoms with Gasteiger partial charge < -0.3 is 9.64 Å². The van der Waals surface area contributed by atoms with Gasteiger partial charge in [0.05, 0.1) is 7.11 Å². The second-order valence-corrected chi connectivity index (χ2v) is 3.95. The molecule has 0 aromatic carbocycles. The Morgan fingerprint density at radius 2 is 2.25 bits per heavy atom. The van der Waals surface area contributed by atoms with Crippen LogP contribution in [0.2, 0.25) is 0 Å². The highest BCUT2D eigenvalue weighted by Crippen LogP contribution is 2.19. The summed E-state index contributed by atoms with van der Waals surface area (Å²) in [6, 6.07) is -0.379. The summed E-state index contributed by atoms with van der Waals surface area (Å²) in [5, 5.41) is 0. The van der Waals surface area contributed by atoms with Gasteiger partial charge >= 0.3 is 5.97 Å². The Kier molecular flexibility index (Phi) is 5.02. The van der Waals surface area contributed by atoms with Gasteiger partial charge in [-0.25, -0.2) is 4.79 Å². The molecule has 0 aliphatic carbocycles. The molecular weight excluding hydrogens is 206 g/mol. The van der Waals surface area contributed by atoms with Crippen molar-refractivity contribution in [1.29, 1.82) is 0 Å². The van der Waals surface area contributed by atoms with Crippen LogP contribution in [0.1, 0.15) is 32.1 Å². The Hall–Kier alpha value is -1.32. The van der Waals surface area contributed by atoms with E-state index in [1.807, 2.05) is 0 Å². The Bertz CT molecular complexity index is 275. The molecule has 16 heavy (non-hydrogen) atoms. The number of piperidine rings is 1. The molecule has 4 nitrogen and oxygen atoms in total. The van der Waals surface area contributed by atoms with Crippen molar-refractivity contribution in [2.24, 2.45) is 0 Å². The lowest BCUT2D eigenvalue weighted by Gasteiger charge is -2.33. The summed E-state index contributed by atoms with van der Waals surface area (Å²) in [4.78, 5) is 25.0. The predicted octanol–water partition coefficient (Wildman–Crippen LogP) is 1.51. The van der Waals surface area contributed by atoms with Crippen molar-refractivity contribution in [3.8, 4) is 0 Å². The van der Waals surface area contributed by atoms with E-state index in [2.05, 4.69) is 6.58 Å². The van der Waals surface area contributed by atoms with E-state index >= 15 is 0 Å². The quantitative estimate of drug-likeness (QED) is 0.538. The number of carbonyl (C=O) groups is 2. The number of hydrogen-bond donors (Lipinski definition) is 0. The molecule has 1 atom stereocenters. The Morgan fingerprint density at radius 3 is 2.88 bits per heavy atom. The van der Waals surface area contributed by atoms with Crippen LogP contribution in [0.3, 0.4) is 0 Å². The smallest absolute Gasteiger partial charge is 0.328 e. The number of hydrogen-bond acceptors (Lipinski definition) is 3. The van der Waals surface area contributed by atoms with Crippen molar-refractivity contribution < 1.29 is 14.3 Å². The van der Waals surface area contributed by atoms with Crippen LogP contribution in [-0.2, 0) is 14.3 Å². The van der Waals surface area contributed by atoms with Crippen molar-refractivity contribution in [3.63, 3.8) is 0 Å². The monoisotopic (exact) mass is 225 g/mol. The van der Waals surface area contributed by atoms with Crippen LogP contribution < -0.4 is 0 Å². The Morgan fingerprint density at radius 1 is 1.50 bits per heavy atom. The molecule has 0 aromatic heterocycles. The van der Waals surface area contributed by atoms with Gasteiger partial charge in [0.15, 0.2) is 0 Å². The summed E-state index contributed by atoms with van der Waals surface area (Å²) in [6.07, 6.45) is 5.46. The molecule has 0 spiro atoms. The van der Waals surface area contributed by atoms with Gasteiger partial charge in [-0.2, -0.15) is 0 Å². The van der Waals surface area contributed by atoms with E-state index in [1.165, 1.54) is 7.11 Å². The first-order valence-corrected chi connectivity index (χ1v) is 5.69. The van der Waals surface area contributed by atoms with Crippen LogP contribution in [0.4, 0.5) is 0 Å². The lowest BCUT2D eigenvalue weighted by Crippen LogP contribution is -2.48. The van der Waals surface area contributed by atoms with Gasteiger partial charge in [0.2, 0.25) is 5.91 Å². The van der Waals surface area contributed by atoms with Crippen LogP contribution in [0.25, 0.3) is 0 Å². The molecule has 1 unspecified atom stereocenters. The van der Waals surface area contributed by atoms with Gasteiger partial charge in [-0.05, 0) is 25.7 Å². The summed E-state index contributed by atoms with van der Waals surface area (Å²) in [5.41, 5.74) is 0. The van der Waals surface area contributed by atoms with Crippen LogP contribution in [0, 0.1) is 0 Å². The van der Waals surface area contributed by atoms with Crippen molar-refractivity contribution in [1.82, 2.24) is 4.90 Å². The second kappa shape index (κ2) is 6.30. The van der Waals surface area contributed by atoms with E-state index in [-0.39, 0.29) is 17.9 Å². The number of likely N-dealkylation sites (tertiary alicyclic amines) is 1. The molecule has 1 saturated heterocycles. The third kappa shape index (κ3) is 3.08. The average molecular weight is 225 g/mol. The summed E-state index contributed by atoms with van der Waals surface area (Å²) in [6.45, 7) is 4.25. The molecule has 1 aliphatic heterocycles. The largest absolute Gasteiger partial charge is 0.467 e. The van der Waals surface area contributed by atoms with E-state index in [0.29, 0.717) is 25.8 Å². The second-order valence-electron chi connectivity index (χ2n) is 3.95. The standard InChI is InChI=1S/C12H19NO3/c1-3-4-8-11(14)13-9-6-5-7-10(13)12(15)16-2/h3,10H,1,4-9H2,2H3. The highest BCUT2D eigenvalue weighted by Gasteiger charge is 2.32. The molecular formula is C12H19NO3. The van der Waals surface area contributed by atoms with E-state index in [4.69, 9.17) is 4.74 Å². The molecule has 1 fully saturated rings. The first-order valence-electron chi connectivity index (χ1n) is 5.69.